The van der Waals surface area contributed by atoms with Crippen LogP contribution < -0.4 is 15.8 Å². The second-order valence-corrected chi connectivity index (χ2v) is 5.79. The van der Waals surface area contributed by atoms with Crippen molar-refractivity contribution in [1.82, 2.24) is 0 Å². The first-order chi connectivity index (χ1) is 10.2. The van der Waals surface area contributed by atoms with Crippen LogP contribution in [0.25, 0.3) is 0 Å². The van der Waals surface area contributed by atoms with Crippen LogP contribution in [-0.2, 0) is 17.8 Å². The molecular formula is C16H15BrN2O2. The summed E-state index contributed by atoms with van der Waals surface area (Å²) in [7, 11) is 0. The van der Waals surface area contributed by atoms with Gasteiger partial charge in [0.25, 0.3) is 0 Å². The molecule has 0 radical (unpaired) electrons. The van der Waals surface area contributed by atoms with E-state index in [1.807, 2.05) is 36.4 Å². The maximum absolute atomic E-state index is 11.3. The number of rotatable bonds is 3. The van der Waals surface area contributed by atoms with Gasteiger partial charge in [0, 0.05) is 18.7 Å². The number of hydrogen-bond acceptors (Lipinski definition) is 3. The molecule has 108 valence electrons. The van der Waals surface area contributed by atoms with E-state index in [2.05, 4.69) is 21.2 Å². The predicted molar refractivity (Wildman–Crippen MR) is 85.5 cm³/mol. The van der Waals surface area contributed by atoms with Gasteiger partial charge in [0.05, 0.1) is 4.47 Å². The van der Waals surface area contributed by atoms with Gasteiger partial charge in [-0.25, -0.2) is 0 Å². The maximum atomic E-state index is 11.3. The number of aryl methyl sites for hydroxylation is 1. The fourth-order valence-corrected chi connectivity index (χ4v) is 2.81. The van der Waals surface area contributed by atoms with Crippen LogP contribution in [0.1, 0.15) is 17.5 Å². The van der Waals surface area contributed by atoms with Crippen molar-refractivity contribution in [3.63, 3.8) is 0 Å². The lowest BCUT2D eigenvalue weighted by molar-refractivity contribution is -0.116. The molecule has 0 bridgehead atoms. The molecule has 0 unspecified atom stereocenters. The summed E-state index contributed by atoms with van der Waals surface area (Å²) in [6.07, 6.45) is 1.26. The number of anilines is 1. The van der Waals surface area contributed by atoms with Gasteiger partial charge in [-0.15, -0.1) is 0 Å². The largest absolute Gasteiger partial charge is 0.456 e. The van der Waals surface area contributed by atoms with Crippen LogP contribution in [0.15, 0.2) is 40.9 Å². The highest BCUT2D eigenvalue weighted by molar-refractivity contribution is 9.10. The molecule has 0 aromatic heterocycles. The summed E-state index contributed by atoms with van der Waals surface area (Å²) in [6.45, 7) is 0.497. The molecule has 2 aromatic carbocycles. The molecule has 21 heavy (non-hydrogen) atoms. The summed E-state index contributed by atoms with van der Waals surface area (Å²) >= 11 is 3.49. The molecule has 5 heteroatoms. The molecule has 1 amide bonds. The second kappa shape index (κ2) is 5.87. The predicted octanol–water partition coefficient (Wildman–Crippen LogP) is 3.58. The lowest BCUT2D eigenvalue weighted by atomic mass is 10.0. The number of carbonyl (C=O) groups is 1. The molecule has 0 fully saturated rings. The molecule has 0 saturated carbocycles. The van der Waals surface area contributed by atoms with Crippen LogP contribution in [0, 0.1) is 0 Å². The number of nitrogens with one attached hydrogen (secondary N) is 1. The number of nitrogens with two attached hydrogens (primary N) is 1. The zero-order chi connectivity index (χ0) is 14.8. The molecule has 3 N–H and O–H groups in total. The van der Waals surface area contributed by atoms with Gasteiger partial charge in [-0.1, -0.05) is 6.07 Å². The number of fused-ring (bicyclic) bond motifs is 1. The van der Waals surface area contributed by atoms with Crippen molar-refractivity contribution in [2.24, 2.45) is 5.73 Å². The molecule has 0 aliphatic carbocycles. The zero-order valence-electron chi connectivity index (χ0n) is 11.4. The number of halogens is 1. The highest BCUT2D eigenvalue weighted by Gasteiger charge is 2.15. The Kier molecular flexibility index (Phi) is 3.94. The van der Waals surface area contributed by atoms with Gasteiger partial charge < -0.3 is 15.8 Å². The minimum absolute atomic E-state index is 0.0660. The van der Waals surface area contributed by atoms with Gasteiger partial charge in [-0.05, 0) is 63.8 Å². The molecule has 1 heterocycles. The Balaban J connectivity index is 1.84. The number of carbonyl (C=O) groups excluding carboxylic acids is 1. The van der Waals surface area contributed by atoms with E-state index in [1.165, 1.54) is 0 Å². The molecule has 2 aromatic rings. The summed E-state index contributed by atoms with van der Waals surface area (Å²) in [5, 5.41) is 2.86. The lowest BCUT2D eigenvalue weighted by Crippen LogP contribution is -2.18. The highest BCUT2D eigenvalue weighted by Crippen LogP contribution is 2.33. The molecule has 0 atom stereocenters. The average Bonchev–Trinajstić information content (AvgIpc) is 2.49. The molecule has 3 rings (SSSR count). The first kappa shape index (κ1) is 14.1. The van der Waals surface area contributed by atoms with E-state index < -0.39 is 0 Å². The Morgan fingerprint density at radius 1 is 1.19 bits per heavy atom. The van der Waals surface area contributed by atoms with Crippen molar-refractivity contribution >= 4 is 27.5 Å². The monoisotopic (exact) mass is 346 g/mol. The summed E-state index contributed by atoms with van der Waals surface area (Å²) in [4.78, 5) is 11.3. The van der Waals surface area contributed by atoms with E-state index in [1.54, 1.807) is 0 Å². The Hall–Kier alpha value is -1.85. The standard InChI is InChI=1S/C16H15BrN2O2/c17-13-7-10(9-18)1-5-15(13)21-12-3-4-14-11(8-12)2-6-16(20)19-14/h1,3-5,7-8H,2,6,9,18H2,(H,19,20). The van der Waals surface area contributed by atoms with Crippen LogP contribution in [-0.4, -0.2) is 5.91 Å². The Morgan fingerprint density at radius 2 is 2.05 bits per heavy atom. The van der Waals surface area contributed by atoms with Crippen LogP contribution in [0.3, 0.4) is 0 Å². The van der Waals surface area contributed by atoms with Crippen molar-refractivity contribution < 1.29 is 9.53 Å². The summed E-state index contributed by atoms with van der Waals surface area (Å²) < 4.78 is 6.77. The second-order valence-electron chi connectivity index (χ2n) is 4.94. The molecule has 1 aliphatic heterocycles. The minimum Gasteiger partial charge on any atom is -0.456 e. The van der Waals surface area contributed by atoms with Crippen molar-refractivity contribution in [2.45, 2.75) is 19.4 Å². The third-order valence-corrected chi connectivity index (χ3v) is 4.05. The third-order valence-electron chi connectivity index (χ3n) is 3.43. The minimum atomic E-state index is 0.0660. The van der Waals surface area contributed by atoms with Gasteiger partial charge in [0.2, 0.25) is 5.91 Å². The van der Waals surface area contributed by atoms with Crippen molar-refractivity contribution in [2.75, 3.05) is 5.32 Å². The van der Waals surface area contributed by atoms with Crippen LogP contribution in [0.4, 0.5) is 5.69 Å². The highest BCUT2D eigenvalue weighted by atomic mass is 79.9. The van der Waals surface area contributed by atoms with Crippen molar-refractivity contribution in [1.29, 1.82) is 0 Å². The van der Waals surface area contributed by atoms with E-state index >= 15 is 0 Å². The fraction of sp³-hybridized carbons (Fsp3) is 0.188. The Bertz CT molecular complexity index is 701. The molecule has 0 spiro atoms. The molecule has 4 nitrogen and oxygen atoms in total. The maximum Gasteiger partial charge on any atom is 0.224 e. The van der Waals surface area contributed by atoms with Gasteiger partial charge >= 0.3 is 0 Å². The summed E-state index contributed by atoms with van der Waals surface area (Å²) in [5.41, 5.74) is 8.63. The number of amides is 1. The topological polar surface area (TPSA) is 64.3 Å². The van der Waals surface area contributed by atoms with E-state index in [4.69, 9.17) is 10.5 Å². The summed E-state index contributed by atoms with van der Waals surface area (Å²) in [6, 6.07) is 11.5. The van der Waals surface area contributed by atoms with E-state index in [9.17, 15) is 4.79 Å². The van der Waals surface area contributed by atoms with E-state index in [-0.39, 0.29) is 5.91 Å². The first-order valence-corrected chi connectivity index (χ1v) is 7.54. The molecule has 0 saturated heterocycles. The van der Waals surface area contributed by atoms with Crippen molar-refractivity contribution in [3.05, 3.63) is 52.0 Å². The van der Waals surface area contributed by atoms with E-state index in [0.29, 0.717) is 13.0 Å². The van der Waals surface area contributed by atoms with E-state index in [0.717, 1.165) is 39.2 Å². The lowest BCUT2D eigenvalue weighted by Gasteiger charge is -2.18. The van der Waals surface area contributed by atoms with Gasteiger partial charge in [-0.3, -0.25) is 4.79 Å². The zero-order valence-corrected chi connectivity index (χ0v) is 12.9. The number of benzene rings is 2. The van der Waals surface area contributed by atoms with Crippen molar-refractivity contribution in [3.8, 4) is 11.5 Å². The quantitative estimate of drug-likeness (QED) is 0.892. The number of hydrogen-bond donors (Lipinski definition) is 2. The Labute approximate surface area is 131 Å². The Morgan fingerprint density at radius 3 is 2.81 bits per heavy atom. The average molecular weight is 347 g/mol. The third kappa shape index (κ3) is 3.09. The number of ether oxygens (including phenoxy) is 1. The summed E-state index contributed by atoms with van der Waals surface area (Å²) in [5.74, 6) is 1.56. The van der Waals surface area contributed by atoms with Crippen LogP contribution in [0.5, 0.6) is 11.5 Å². The first-order valence-electron chi connectivity index (χ1n) is 6.75. The molecule has 1 aliphatic rings. The van der Waals surface area contributed by atoms with Crippen LogP contribution >= 0.6 is 15.9 Å². The molecular weight excluding hydrogens is 332 g/mol. The van der Waals surface area contributed by atoms with Gasteiger partial charge in [-0.2, -0.15) is 0 Å². The normalized spacial score (nSPS) is 13.5. The van der Waals surface area contributed by atoms with Crippen LogP contribution in [0.2, 0.25) is 0 Å². The SMILES string of the molecule is NCc1ccc(Oc2ccc3c(c2)CCC(=O)N3)c(Br)c1. The van der Waals surface area contributed by atoms with Gasteiger partial charge in [0.1, 0.15) is 11.5 Å². The van der Waals surface area contributed by atoms with Gasteiger partial charge in [0.15, 0.2) is 0 Å². The smallest absolute Gasteiger partial charge is 0.224 e. The fourth-order valence-electron chi connectivity index (χ4n) is 2.30.